The molecule has 0 radical (unpaired) electrons. The fourth-order valence-electron chi connectivity index (χ4n) is 3.46. The highest BCUT2D eigenvalue weighted by Crippen LogP contribution is 2.27. The van der Waals surface area contributed by atoms with E-state index in [1.807, 2.05) is 17.0 Å². The molecule has 1 unspecified atom stereocenters. The minimum atomic E-state index is -0.328. The molecule has 0 aromatic carbocycles. The molecule has 2 saturated heterocycles. The van der Waals surface area contributed by atoms with Crippen molar-refractivity contribution in [3.63, 3.8) is 0 Å². The lowest BCUT2D eigenvalue weighted by Gasteiger charge is -2.37. The number of hydrogen-bond acceptors (Lipinski definition) is 5. The van der Waals surface area contributed by atoms with Crippen molar-refractivity contribution in [1.82, 2.24) is 19.7 Å². The van der Waals surface area contributed by atoms with Crippen molar-refractivity contribution in [3.8, 4) is 0 Å². The number of hydrogen-bond donors (Lipinski definition) is 0. The molecule has 0 spiro atoms. The average molecular weight is 332 g/mol. The lowest BCUT2D eigenvalue weighted by atomic mass is 10.1. The van der Waals surface area contributed by atoms with E-state index in [0.717, 1.165) is 31.5 Å². The standard InChI is InChI=1S/C17H24N4O3/c1-24-17(23)21-11-9-20(10-12-21)16(22)15(19-7-2-3-8-19)14-5-4-6-18-13-14/h4-6,13,15H,2-3,7-12H2,1H3. The highest BCUT2D eigenvalue weighted by Gasteiger charge is 2.34. The van der Waals surface area contributed by atoms with E-state index >= 15 is 0 Å². The number of piperazine rings is 1. The summed E-state index contributed by atoms with van der Waals surface area (Å²) in [5.41, 5.74) is 0.944. The number of carbonyl (C=O) groups is 2. The van der Waals surface area contributed by atoms with Gasteiger partial charge in [-0.1, -0.05) is 6.07 Å². The van der Waals surface area contributed by atoms with Gasteiger partial charge in [-0.25, -0.2) is 4.79 Å². The molecule has 2 aliphatic rings. The highest BCUT2D eigenvalue weighted by atomic mass is 16.5. The molecule has 0 N–H and O–H groups in total. The van der Waals surface area contributed by atoms with Crippen LogP contribution in [0.4, 0.5) is 4.79 Å². The number of aromatic nitrogens is 1. The van der Waals surface area contributed by atoms with E-state index in [4.69, 9.17) is 4.74 Å². The molecule has 7 nitrogen and oxygen atoms in total. The van der Waals surface area contributed by atoms with Crippen LogP contribution in [0.25, 0.3) is 0 Å². The maximum absolute atomic E-state index is 13.2. The Balaban J connectivity index is 1.71. The minimum absolute atomic E-state index is 0.106. The predicted octanol–water partition coefficient (Wildman–Crippen LogP) is 1.13. The second-order valence-corrected chi connectivity index (χ2v) is 6.21. The van der Waals surface area contributed by atoms with Crippen LogP contribution in [0, 0.1) is 0 Å². The molecule has 7 heteroatoms. The SMILES string of the molecule is COC(=O)N1CCN(C(=O)C(c2cccnc2)N2CCCC2)CC1. The van der Waals surface area contributed by atoms with E-state index in [1.165, 1.54) is 7.11 Å². The zero-order chi connectivity index (χ0) is 16.9. The molecule has 3 rings (SSSR count). The topological polar surface area (TPSA) is 66.0 Å². The van der Waals surface area contributed by atoms with Gasteiger partial charge < -0.3 is 14.5 Å². The van der Waals surface area contributed by atoms with Gasteiger partial charge >= 0.3 is 6.09 Å². The summed E-state index contributed by atoms with van der Waals surface area (Å²) >= 11 is 0. The Morgan fingerprint density at radius 3 is 2.33 bits per heavy atom. The van der Waals surface area contributed by atoms with Crippen LogP contribution in [0.2, 0.25) is 0 Å². The molecule has 130 valence electrons. The van der Waals surface area contributed by atoms with E-state index in [9.17, 15) is 9.59 Å². The van der Waals surface area contributed by atoms with Crippen LogP contribution in [-0.4, -0.2) is 78.1 Å². The Hall–Kier alpha value is -2.15. The molecule has 0 aliphatic carbocycles. The van der Waals surface area contributed by atoms with E-state index in [-0.39, 0.29) is 18.0 Å². The van der Waals surface area contributed by atoms with Crippen molar-refractivity contribution in [2.75, 3.05) is 46.4 Å². The third-order valence-corrected chi connectivity index (χ3v) is 4.76. The summed E-state index contributed by atoms with van der Waals surface area (Å²) in [4.78, 5) is 34.7. The first-order valence-corrected chi connectivity index (χ1v) is 8.46. The first-order chi connectivity index (χ1) is 11.7. The van der Waals surface area contributed by atoms with Crippen LogP contribution < -0.4 is 0 Å². The summed E-state index contributed by atoms with van der Waals surface area (Å²) in [6.45, 7) is 3.98. The first kappa shape index (κ1) is 16.7. The molecule has 2 fully saturated rings. The number of rotatable bonds is 3. The Morgan fingerprint density at radius 2 is 1.75 bits per heavy atom. The molecular formula is C17H24N4O3. The summed E-state index contributed by atoms with van der Waals surface area (Å²) in [5, 5.41) is 0. The summed E-state index contributed by atoms with van der Waals surface area (Å²) in [6.07, 6.45) is 5.43. The molecule has 1 atom stereocenters. The smallest absolute Gasteiger partial charge is 0.409 e. The van der Waals surface area contributed by atoms with Gasteiger partial charge in [0, 0.05) is 38.6 Å². The van der Waals surface area contributed by atoms with Gasteiger partial charge in [-0.3, -0.25) is 14.7 Å². The first-order valence-electron chi connectivity index (χ1n) is 8.46. The van der Waals surface area contributed by atoms with Crippen molar-refractivity contribution in [2.24, 2.45) is 0 Å². The maximum Gasteiger partial charge on any atom is 0.409 e. The van der Waals surface area contributed by atoms with Gasteiger partial charge in [-0.15, -0.1) is 0 Å². The van der Waals surface area contributed by atoms with E-state index in [0.29, 0.717) is 26.2 Å². The third-order valence-electron chi connectivity index (χ3n) is 4.76. The molecule has 0 bridgehead atoms. The monoisotopic (exact) mass is 332 g/mol. The Morgan fingerprint density at radius 1 is 1.08 bits per heavy atom. The molecule has 0 saturated carbocycles. The van der Waals surface area contributed by atoms with Gasteiger partial charge in [0.2, 0.25) is 5.91 Å². The zero-order valence-electron chi connectivity index (χ0n) is 14.1. The zero-order valence-corrected chi connectivity index (χ0v) is 14.1. The molecule has 1 aromatic rings. The summed E-state index contributed by atoms with van der Waals surface area (Å²) in [5.74, 6) is 0.106. The number of carbonyl (C=O) groups excluding carboxylic acids is 2. The van der Waals surface area contributed by atoms with Crippen molar-refractivity contribution >= 4 is 12.0 Å². The molecule has 24 heavy (non-hydrogen) atoms. The molecule has 2 aliphatic heterocycles. The lowest BCUT2D eigenvalue weighted by molar-refractivity contribution is -0.138. The number of likely N-dealkylation sites (tertiary alicyclic amines) is 1. The van der Waals surface area contributed by atoms with Gasteiger partial charge in [0.25, 0.3) is 0 Å². The molecular weight excluding hydrogens is 308 g/mol. The normalized spacial score (nSPS) is 20.0. The average Bonchev–Trinajstić information content (AvgIpc) is 3.16. The lowest BCUT2D eigenvalue weighted by Crippen LogP contribution is -2.53. The molecule has 3 heterocycles. The maximum atomic E-state index is 13.2. The summed E-state index contributed by atoms with van der Waals surface area (Å²) < 4.78 is 4.75. The molecule has 2 amide bonds. The van der Waals surface area contributed by atoms with Crippen molar-refractivity contribution in [1.29, 1.82) is 0 Å². The van der Waals surface area contributed by atoms with Crippen LogP contribution in [0.15, 0.2) is 24.5 Å². The van der Waals surface area contributed by atoms with Crippen LogP contribution in [0.5, 0.6) is 0 Å². The van der Waals surface area contributed by atoms with Gasteiger partial charge in [-0.2, -0.15) is 0 Å². The number of ether oxygens (including phenoxy) is 1. The van der Waals surface area contributed by atoms with Crippen LogP contribution >= 0.6 is 0 Å². The fraction of sp³-hybridized carbons (Fsp3) is 0.588. The van der Waals surface area contributed by atoms with E-state index in [1.54, 1.807) is 17.3 Å². The fourth-order valence-corrected chi connectivity index (χ4v) is 3.46. The van der Waals surface area contributed by atoms with Crippen molar-refractivity contribution in [2.45, 2.75) is 18.9 Å². The van der Waals surface area contributed by atoms with Gasteiger partial charge in [-0.05, 0) is 37.6 Å². The van der Waals surface area contributed by atoms with Crippen molar-refractivity contribution < 1.29 is 14.3 Å². The largest absolute Gasteiger partial charge is 0.453 e. The summed E-state index contributed by atoms with van der Waals surface area (Å²) in [7, 11) is 1.38. The quantitative estimate of drug-likeness (QED) is 0.830. The second kappa shape index (κ2) is 7.61. The predicted molar refractivity (Wildman–Crippen MR) is 88.3 cm³/mol. The van der Waals surface area contributed by atoms with E-state index in [2.05, 4.69) is 9.88 Å². The Kier molecular flexibility index (Phi) is 5.30. The van der Waals surface area contributed by atoms with Gasteiger partial charge in [0.15, 0.2) is 0 Å². The molecule has 1 aromatic heterocycles. The minimum Gasteiger partial charge on any atom is -0.453 e. The highest BCUT2D eigenvalue weighted by molar-refractivity contribution is 5.83. The summed E-state index contributed by atoms with van der Waals surface area (Å²) in [6, 6.07) is 3.57. The van der Waals surface area contributed by atoms with Crippen molar-refractivity contribution in [3.05, 3.63) is 30.1 Å². The third kappa shape index (κ3) is 3.51. The number of pyridine rings is 1. The van der Waals surface area contributed by atoms with E-state index < -0.39 is 0 Å². The van der Waals surface area contributed by atoms with Crippen LogP contribution in [0.3, 0.4) is 0 Å². The van der Waals surface area contributed by atoms with Crippen LogP contribution in [0.1, 0.15) is 24.4 Å². The van der Waals surface area contributed by atoms with Crippen LogP contribution in [-0.2, 0) is 9.53 Å². The number of methoxy groups -OCH3 is 1. The number of nitrogens with zero attached hydrogens (tertiary/aromatic N) is 4. The number of amides is 2. The van der Waals surface area contributed by atoms with Gasteiger partial charge in [0.1, 0.15) is 6.04 Å². The second-order valence-electron chi connectivity index (χ2n) is 6.21. The Bertz CT molecular complexity index is 566. The Labute approximate surface area is 142 Å². The van der Waals surface area contributed by atoms with Gasteiger partial charge in [0.05, 0.1) is 7.11 Å².